The van der Waals surface area contributed by atoms with Crippen molar-refractivity contribution in [3.05, 3.63) is 23.3 Å². The van der Waals surface area contributed by atoms with Crippen LogP contribution in [0.5, 0.6) is 0 Å². The first-order valence-electron chi connectivity index (χ1n) is 13.4. The van der Waals surface area contributed by atoms with E-state index in [1.807, 2.05) is 0 Å². The molecule has 3 heteroatoms. The van der Waals surface area contributed by atoms with Crippen LogP contribution in [0, 0.1) is 45.8 Å². The average Bonchev–Trinajstić information content (AvgIpc) is 2.75. The van der Waals surface area contributed by atoms with Gasteiger partial charge in [-0.3, -0.25) is 4.79 Å². The molecule has 3 nitrogen and oxygen atoms in total. The summed E-state index contributed by atoms with van der Waals surface area (Å²) in [6.45, 7) is 17.8. The van der Waals surface area contributed by atoms with Gasteiger partial charge in [-0.2, -0.15) is 0 Å². The van der Waals surface area contributed by atoms with Crippen molar-refractivity contribution < 1.29 is 14.7 Å². The lowest BCUT2D eigenvalue weighted by molar-refractivity contribution is -0.133. The van der Waals surface area contributed by atoms with E-state index >= 15 is 0 Å². The Bertz CT molecular complexity index is 818. The molecule has 0 aromatic rings. The van der Waals surface area contributed by atoms with E-state index in [-0.39, 0.29) is 28.8 Å². The Morgan fingerprint density at radius 1 is 0.970 bits per heavy atom. The van der Waals surface area contributed by atoms with Crippen LogP contribution in [0.3, 0.4) is 0 Å². The van der Waals surface area contributed by atoms with E-state index in [0.29, 0.717) is 30.0 Å². The van der Waals surface area contributed by atoms with Crippen LogP contribution < -0.4 is 0 Å². The maximum Gasteiger partial charge on any atom is 0.165 e. The second-order valence-electron chi connectivity index (χ2n) is 12.9. The van der Waals surface area contributed by atoms with Crippen molar-refractivity contribution in [2.45, 2.75) is 106 Å². The van der Waals surface area contributed by atoms with Crippen molar-refractivity contribution in [2.75, 3.05) is 0 Å². The van der Waals surface area contributed by atoms with E-state index in [0.717, 1.165) is 50.4 Å². The molecule has 3 aliphatic carbocycles. The first-order chi connectivity index (χ1) is 15.3. The van der Waals surface area contributed by atoms with E-state index in [2.05, 4.69) is 67.5 Å². The molecule has 3 aliphatic rings. The summed E-state index contributed by atoms with van der Waals surface area (Å²) in [7, 11) is 0. The average molecular weight is 457 g/mol. The second-order valence-corrected chi connectivity index (χ2v) is 12.9. The van der Waals surface area contributed by atoms with Gasteiger partial charge in [0.15, 0.2) is 5.78 Å². The standard InChI is InChI=1S/C30H48O3/c1-19(2)20(3)9-10-21(4)23(15-18-31)30(8)16-13-24-22(27(30)33)11-12-25-28(5,6)26(32)14-17-29(24,25)7/h9-10,18-21,23,25-26,32H,11-17H2,1-8H3/b10-9+/t20-,21+,23+,25?,26-,29+,30+/m0/s1. The molecule has 1 saturated carbocycles. The molecule has 186 valence electrons. The summed E-state index contributed by atoms with van der Waals surface area (Å²) in [6, 6.07) is 0. The third-order valence-corrected chi connectivity index (χ3v) is 10.5. The third-order valence-electron chi connectivity index (χ3n) is 10.5. The summed E-state index contributed by atoms with van der Waals surface area (Å²) in [4.78, 5) is 25.9. The van der Waals surface area contributed by atoms with Crippen LogP contribution in [0.15, 0.2) is 23.3 Å². The van der Waals surface area contributed by atoms with Gasteiger partial charge in [-0.15, -0.1) is 0 Å². The smallest absolute Gasteiger partial charge is 0.165 e. The number of carbonyl (C=O) groups excluding carboxylic acids is 2. The fourth-order valence-electron chi connectivity index (χ4n) is 7.62. The zero-order valence-electron chi connectivity index (χ0n) is 22.4. The Balaban J connectivity index is 1.94. The van der Waals surface area contributed by atoms with Crippen LogP contribution in [-0.2, 0) is 9.59 Å². The fourth-order valence-corrected chi connectivity index (χ4v) is 7.62. The van der Waals surface area contributed by atoms with Crippen LogP contribution in [0.25, 0.3) is 0 Å². The number of aldehydes is 1. The molecular weight excluding hydrogens is 408 g/mol. The predicted octanol–water partition coefficient (Wildman–Crippen LogP) is 6.94. The van der Waals surface area contributed by atoms with E-state index in [4.69, 9.17) is 0 Å². The van der Waals surface area contributed by atoms with Gasteiger partial charge < -0.3 is 9.90 Å². The molecule has 3 rings (SSSR count). The van der Waals surface area contributed by atoms with Crippen LogP contribution in [0.4, 0.5) is 0 Å². The lowest BCUT2D eigenvalue weighted by atomic mass is 9.46. The summed E-state index contributed by atoms with van der Waals surface area (Å²) in [6.07, 6.45) is 11.1. The minimum atomic E-state index is -0.489. The molecule has 0 spiro atoms. The van der Waals surface area contributed by atoms with Gasteiger partial charge in [0.05, 0.1) is 6.10 Å². The Morgan fingerprint density at radius 3 is 2.21 bits per heavy atom. The summed E-state index contributed by atoms with van der Waals surface area (Å²) >= 11 is 0. The predicted molar refractivity (Wildman–Crippen MR) is 136 cm³/mol. The number of hydrogen-bond donors (Lipinski definition) is 1. The van der Waals surface area contributed by atoms with Crippen LogP contribution in [-0.4, -0.2) is 23.3 Å². The number of allylic oxidation sites excluding steroid dienone is 4. The number of ketones is 1. The van der Waals surface area contributed by atoms with Gasteiger partial charge >= 0.3 is 0 Å². The number of rotatable bonds is 7. The van der Waals surface area contributed by atoms with Gasteiger partial charge in [-0.25, -0.2) is 0 Å². The molecule has 0 aliphatic heterocycles. The maximum atomic E-state index is 14.1. The summed E-state index contributed by atoms with van der Waals surface area (Å²) in [5, 5.41) is 10.7. The molecule has 0 radical (unpaired) electrons. The zero-order valence-corrected chi connectivity index (χ0v) is 22.4. The first-order valence-corrected chi connectivity index (χ1v) is 13.4. The number of Topliss-reactive ketones (excluding diaryl/α,β-unsaturated/α-hetero) is 1. The number of fused-ring (bicyclic) bond motifs is 2. The Kier molecular flexibility index (Phi) is 7.55. The Hall–Kier alpha value is -1.22. The topological polar surface area (TPSA) is 54.4 Å². The Labute approximate surface area is 202 Å². The molecule has 0 bridgehead atoms. The minimum Gasteiger partial charge on any atom is -0.393 e. The largest absolute Gasteiger partial charge is 0.393 e. The van der Waals surface area contributed by atoms with E-state index in [1.54, 1.807) is 0 Å². The van der Waals surface area contributed by atoms with Crippen molar-refractivity contribution >= 4 is 12.1 Å². The lowest BCUT2D eigenvalue weighted by Gasteiger charge is -2.58. The summed E-state index contributed by atoms with van der Waals surface area (Å²) in [5.74, 6) is 1.98. The highest BCUT2D eigenvalue weighted by Crippen LogP contribution is 2.63. The molecule has 7 atom stereocenters. The molecule has 0 amide bonds. The van der Waals surface area contributed by atoms with Crippen LogP contribution in [0.1, 0.15) is 100 Å². The van der Waals surface area contributed by atoms with Crippen molar-refractivity contribution in [3.63, 3.8) is 0 Å². The first kappa shape index (κ1) is 26.4. The van der Waals surface area contributed by atoms with Crippen molar-refractivity contribution in [3.8, 4) is 0 Å². The lowest BCUT2D eigenvalue weighted by Crippen LogP contribution is -2.54. The molecule has 1 N–H and O–H groups in total. The second kappa shape index (κ2) is 9.44. The van der Waals surface area contributed by atoms with E-state index in [1.165, 1.54) is 5.57 Å². The van der Waals surface area contributed by atoms with Gasteiger partial charge in [0.1, 0.15) is 6.29 Å². The zero-order chi connectivity index (χ0) is 24.8. The minimum absolute atomic E-state index is 0.00563. The Morgan fingerprint density at radius 2 is 1.61 bits per heavy atom. The number of aliphatic hydroxyl groups is 1. The SMILES string of the molecule is CC(C)[C@@H](C)/C=C/[C@@H](C)[C@@H](CC=O)[C@@]1(C)CCC2=C(CCC3C(C)(C)[C@@H](O)CC[C@]23C)C1=O. The quantitative estimate of drug-likeness (QED) is 0.333. The maximum absolute atomic E-state index is 14.1. The highest BCUT2D eigenvalue weighted by molar-refractivity contribution is 6.02. The molecule has 0 aromatic heterocycles. The van der Waals surface area contributed by atoms with Gasteiger partial charge in [-0.05, 0) is 84.5 Å². The fraction of sp³-hybridized carbons (Fsp3) is 0.800. The molecule has 0 heterocycles. The summed E-state index contributed by atoms with van der Waals surface area (Å²) < 4.78 is 0. The highest BCUT2D eigenvalue weighted by Gasteiger charge is 2.57. The molecule has 1 fully saturated rings. The van der Waals surface area contributed by atoms with Gasteiger partial charge in [0, 0.05) is 11.8 Å². The third kappa shape index (κ3) is 4.44. The molecule has 1 unspecified atom stereocenters. The van der Waals surface area contributed by atoms with Gasteiger partial charge in [-0.1, -0.05) is 73.1 Å². The van der Waals surface area contributed by atoms with Crippen molar-refractivity contribution in [1.29, 1.82) is 0 Å². The van der Waals surface area contributed by atoms with Gasteiger partial charge in [0.2, 0.25) is 0 Å². The molecule has 0 aromatic carbocycles. The van der Waals surface area contributed by atoms with E-state index in [9.17, 15) is 14.7 Å². The van der Waals surface area contributed by atoms with Crippen LogP contribution >= 0.6 is 0 Å². The van der Waals surface area contributed by atoms with E-state index < -0.39 is 5.41 Å². The van der Waals surface area contributed by atoms with Crippen molar-refractivity contribution in [2.24, 2.45) is 45.8 Å². The number of aliphatic hydroxyl groups excluding tert-OH is 1. The van der Waals surface area contributed by atoms with Crippen LogP contribution in [0.2, 0.25) is 0 Å². The summed E-state index contributed by atoms with van der Waals surface area (Å²) in [5.41, 5.74) is 1.84. The highest BCUT2D eigenvalue weighted by atomic mass is 16.3. The molecule has 0 saturated heterocycles. The van der Waals surface area contributed by atoms with Gasteiger partial charge in [0.25, 0.3) is 0 Å². The monoisotopic (exact) mass is 456 g/mol. The number of hydrogen-bond acceptors (Lipinski definition) is 3. The molecule has 33 heavy (non-hydrogen) atoms. The number of carbonyl (C=O) groups is 2. The normalized spacial score (nSPS) is 37.0. The molecular formula is C30H48O3. The van der Waals surface area contributed by atoms with Crippen molar-refractivity contribution in [1.82, 2.24) is 0 Å².